The Labute approximate surface area is 104 Å². The highest BCUT2D eigenvalue weighted by Crippen LogP contribution is 2.39. The fourth-order valence-corrected chi connectivity index (χ4v) is 2.93. The molecule has 0 saturated heterocycles. The Bertz CT molecular complexity index is 505. The number of ether oxygens (including phenoxy) is 1. The fraction of sp³-hybridized carbons (Fsp3) is 0.200. The maximum atomic E-state index is 11.7. The summed E-state index contributed by atoms with van der Waals surface area (Å²) in [4.78, 5) is 23.1. The topological polar surface area (TPSA) is 63.6 Å². The van der Waals surface area contributed by atoms with Crippen LogP contribution < -0.4 is 0 Å². The number of carbonyl (C=O) groups is 2. The minimum absolute atomic E-state index is 0.308. The lowest BCUT2D eigenvalue weighted by Gasteiger charge is -2.21. The van der Waals surface area contributed by atoms with E-state index >= 15 is 0 Å². The predicted octanol–water partition coefficient (Wildman–Crippen LogP) is 2.29. The van der Waals surface area contributed by atoms with Crippen LogP contribution in [0, 0.1) is 0 Å². The highest BCUT2D eigenvalue weighted by atomic mass is 79.9. The van der Waals surface area contributed by atoms with Gasteiger partial charge >= 0.3 is 5.97 Å². The van der Waals surface area contributed by atoms with Crippen molar-refractivity contribution in [3.63, 3.8) is 0 Å². The molecule has 1 aliphatic rings. The molecule has 16 heavy (non-hydrogen) atoms. The summed E-state index contributed by atoms with van der Waals surface area (Å²) in [7, 11) is 0. The van der Waals surface area contributed by atoms with Gasteiger partial charge in [0.1, 0.15) is 0 Å². The van der Waals surface area contributed by atoms with Crippen LogP contribution in [0.15, 0.2) is 27.8 Å². The quantitative estimate of drug-likeness (QED) is 0.910. The standard InChI is InChI=1S/C10H7BrO4S/c1-10(8-2-5(11)4-16-8)7(12)3-6(15-10)9(13)14/h2-4H,1H3,(H,13,14)/t10-/m1/s1. The summed E-state index contributed by atoms with van der Waals surface area (Å²) in [6, 6.07) is 1.75. The molecule has 0 unspecified atom stereocenters. The van der Waals surface area contributed by atoms with Gasteiger partial charge < -0.3 is 9.84 Å². The molecule has 0 aliphatic carbocycles. The van der Waals surface area contributed by atoms with E-state index in [1.807, 2.05) is 5.38 Å². The smallest absolute Gasteiger partial charge is 0.371 e. The number of carbonyl (C=O) groups excluding carboxylic acids is 1. The Hall–Kier alpha value is -1.14. The first-order valence-corrected chi connectivity index (χ1v) is 6.03. The SMILES string of the molecule is C[C@@]1(c2cc(Br)cs2)OC(C(=O)O)=CC1=O. The summed E-state index contributed by atoms with van der Waals surface area (Å²) in [5.74, 6) is -1.89. The number of rotatable bonds is 2. The van der Waals surface area contributed by atoms with Crippen molar-refractivity contribution in [2.45, 2.75) is 12.5 Å². The van der Waals surface area contributed by atoms with Crippen molar-refractivity contribution in [2.75, 3.05) is 0 Å². The minimum Gasteiger partial charge on any atom is -0.475 e. The van der Waals surface area contributed by atoms with Crippen LogP contribution in [0.3, 0.4) is 0 Å². The van der Waals surface area contributed by atoms with Crippen LogP contribution in [-0.4, -0.2) is 16.9 Å². The zero-order valence-corrected chi connectivity index (χ0v) is 10.6. The Balaban J connectivity index is 2.37. The van der Waals surface area contributed by atoms with Gasteiger partial charge in [0.2, 0.25) is 17.1 Å². The summed E-state index contributed by atoms with van der Waals surface area (Å²) in [5, 5.41) is 10.6. The lowest BCUT2D eigenvalue weighted by atomic mass is 10.0. The molecule has 2 rings (SSSR count). The summed E-state index contributed by atoms with van der Waals surface area (Å²) < 4.78 is 6.07. The molecular weight excluding hydrogens is 296 g/mol. The molecular formula is C10H7BrO4S. The van der Waals surface area contributed by atoms with Gasteiger partial charge in [0.25, 0.3) is 0 Å². The average molecular weight is 303 g/mol. The summed E-state index contributed by atoms with van der Waals surface area (Å²) in [6.45, 7) is 1.57. The van der Waals surface area contributed by atoms with Crippen molar-refractivity contribution < 1.29 is 19.4 Å². The van der Waals surface area contributed by atoms with Crippen LogP contribution in [-0.2, 0) is 19.9 Å². The van der Waals surface area contributed by atoms with Crippen molar-refractivity contribution in [1.82, 2.24) is 0 Å². The van der Waals surface area contributed by atoms with Crippen LogP contribution in [0.5, 0.6) is 0 Å². The van der Waals surface area contributed by atoms with Gasteiger partial charge in [-0.3, -0.25) is 4.79 Å². The molecule has 6 heteroatoms. The Morgan fingerprint density at radius 2 is 2.31 bits per heavy atom. The molecule has 0 radical (unpaired) electrons. The van der Waals surface area contributed by atoms with Gasteiger partial charge in [-0.1, -0.05) is 0 Å². The van der Waals surface area contributed by atoms with E-state index in [2.05, 4.69) is 15.9 Å². The fourth-order valence-electron chi connectivity index (χ4n) is 1.40. The largest absolute Gasteiger partial charge is 0.475 e. The van der Waals surface area contributed by atoms with Crippen LogP contribution in [0.4, 0.5) is 0 Å². The van der Waals surface area contributed by atoms with Gasteiger partial charge in [-0.2, -0.15) is 0 Å². The molecule has 1 aliphatic heterocycles. The Morgan fingerprint density at radius 3 is 2.75 bits per heavy atom. The first-order chi connectivity index (χ1) is 7.43. The highest BCUT2D eigenvalue weighted by molar-refractivity contribution is 9.10. The molecule has 0 bridgehead atoms. The van der Waals surface area contributed by atoms with Crippen molar-refractivity contribution in [1.29, 1.82) is 0 Å². The van der Waals surface area contributed by atoms with E-state index in [0.717, 1.165) is 10.5 Å². The van der Waals surface area contributed by atoms with E-state index < -0.39 is 11.6 Å². The predicted molar refractivity (Wildman–Crippen MR) is 61.2 cm³/mol. The number of carboxylic acid groups (broad SMARTS) is 1. The summed E-state index contributed by atoms with van der Waals surface area (Å²) in [5.41, 5.74) is -1.20. The Morgan fingerprint density at radius 1 is 1.62 bits per heavy atom. The number of halogens is 1. The van der Waals surface area contributed by atoms with E-state index in [1.54, 1.807) is 13.0 Å². The molecule has 4 nitrogen and oxygen atoms in total. The number of ketones is 1. The summed E-state index contributed by atoms with van der Waals surface area (Å²) >= 11 is 4.62. The molecule has 1 atom stereocenters. The molecule has 84 valence electrons. The van der Waals surface area contributed by atoms with E-state index in [9.17, 15) is 9.59 Å². The zero-order valence-electron chi connectivity index (χ0n) is 8.19. The van der Waals surface area contributed by atoms with Crippen molar-refractivity contribution >= 4 is 39.0 Å². The third kappa shape index (κ3) is 1.68. The van der Waals surface area contributed by atoms with E-state index in [1.165, 1.54) is 11.3 Å². The first kappa shape index (κ1) is 11.3. The van der Waals surface area contributed by atoms with Crippen LogP contribution in [0.25, 0.3) is 0 Å². The lowest BCUT2D eigenvalue weighted by molar-refractivity contribution is -0.141. The third-order valence-corrected chi connectivity index (χ3v) is 4.19. The van der Waals surface area contributed by atoms with Gasteiger partial charge in [0.15, 0.2) is 0 Å². The van der Waals surface area contributed by atoms with Gasteiger partial charge in [0, 0.05) is 15.9 Å². The van der Waals surface area contributed by atoms with Crippen LogP contribution in [0.2, 0.25) is 0 Å². The van der Waals surface area contributed by atoms with Crippen LogP contribution >= 0.6 is 27.3 Å². The van der Waals surface area contributed by atoms with Crippen molar-refractivity contribution in [3.05, 3.63) is 32.6 Å². The average Bonchev–Trinajstić information content (AvgIpc) is 2.74. The molecule has 0 saturated carbocycles. The third-order valence-electron chi connectivity index (χ3n) is 2.29. The van der Waals surface area contributed by atoms with Gasteiger partial charge in [0.05, 0.1) is 4.88 Å². The number of hydrogen-bond donors (Lipinski definition) is 1. The molecule has 0 aromatic carbocycles. The zero-order chi connectivity index (χ0) is 11.9. The van der Waals surface area contributed by atoms with Crippen molar-refractivity contribution in [2.24, 2.45) is 0 Å². The summed E-state index contributed by atoms with van der Waals surface area (Å²) in [6.07, 6.45) is 1.02. The minimum atomic E-state index is -1.23. The highest BCUT2D eigenvalue weighted by Gasteiger charge is 2.44. The molecule has 2 heterocycles. The van der Waals surface area contributed by atoms with Gasteiger partial charge in [-0.05, 0) is 28.9 Å². The van der Waals surface area contributed by atoms with Gasteiger partial charge in [-0.25, -0.2) is 4.79 Å². The normalized spacial score (nSPS) is 24.1. The molecule has 1 N–H and O–H groups in total. The van der Waals surface area contributed by atoms with E-state index in [0.29, 0.717) is 4.88 Å². The second kappa shape index (κ2) is 3.71. The molecule has 0 amide bonds. The molecule has 0 spiro atoms. The second-order valence-corrected chi connectivity index (χ2v) is 5.27. The lowest BCUT2D eigenvalue weighted by Crippen LogP contribution is -2.28. The second-order valence-electron chi connectivity index (χ2n) is 3.44. The Kier molecular flexibility index (Phi) is 2.63. The molecule has 0 fully saturated rings. The van der Waals surface area contributed by atoms with E-state index in [-0.39, 0.29) is 11.5 Å². The van der Waals surface area contributed by atoms with E-state index in [4.69, 9.17) is 9.84 Å². The maximum Gasteiger partial charge on any atom is 0.371 e. The van der Waals surface area contributed by atoms with Crippen molar-refractivity contribution in [3.8, 4) is 0 Å². The molecule has 1 aromatic heterocycles. The number of thiophene rings is 1. The molecule has 1 aromatic rings. The first-order valence-electron chi connectivity index (χ1n) is 4.36. The van der Waals surface area contributed by atoms with Crippen LogP contribution in [0.1, 0.15) is 11.8 Å². The number of hydrogen-bond acceptors (Lipinski definition) is 4. The van der Waals surface area contributed by atoms with Gasteiger partial charge in [-0.15, -0.1) is 11.3 Å². The monoisotopic (exact) mass is 302 g/mol. The number of carboxylic acids is 1. The number of aliphatic carboxylic acids is 1. The maximum absolute atomic E-state index is 11.7.